The largest absolute Gasteiger partial charge is 0.367 e. The molecule has 4 heteroatoms. The highest BCUT2D eigenvalue weighted by Gasteiger charge is 2.26. The van der Waals surface area contributed by atoms with Gasteiger partial charge in [-0.2, -0.15) is 0 Å². The van der Waals surface area contributed by atoms with Crippen molar-refractivity contribution in [1.29, 1.82) is 0 Å². The summed E-state index contributed by atoms with van der Waals surface area (Å²) in [5.74, 6) is 0.105. The van der Waals surface area contributed by atoms with Crippen molar-refractivity contribution in [3.05, 3.63) is 29.8 Å². The normalized spacial score (nSPS) is 23.4. The number of piperidine rings is 1. The van der Waals surface area contributed by atoms with Crippen LogP contribution in [0.15, 0.2) is 18.2 Å². The molecule has 2 atom stereocenters. The van der Waals surface area contributed by atoms with E-state index in [2.05, 4.69) is 26.1 Å². The van der Waals surface area contributed by atoms with Crippen LogP contribution in [0.25, 0.3) is 0 Å². The Hall–Kier alpha value is -1.16. The van der Waals surface area contributed by atoms with E-state index in [9.17, 15) is 8.78 Å². The standard InChI is InChI=1S/C16H24F2N2/c1-11(2)8-19-14-6-12(3)9-20(10-14)16-5-4-13(17)7-15(16)18/h4-5,7,11-12,14,19H,6,8-10H2,1-3H3. The molecule has 1 saturated heterocycles. The molecule has 1 heterocycles. The Morgan fingerprint density at radius 2 is 2.05 bits per heavy atom. The average Bonchev–Trinajstić information content (AvgIpc) is 2.35. The minimum atomic E-state index is -0.522. The summed E-state index contributed by atoms with van der Waals surface area (Å²) in [4.78, 5) is 2.03. The summed E-state index contributed by atoms with van der Waals surface area (Å²) in [7, 11) is 0. The molecule has 1 N–H and O–H groups in total. The summed E-state index contributed by atoms with van der Waals surface area (Å²) in [6.07, 6.45) is 1.10. The molecule has 1 aliphatic heterocycles. The van der Waals surface area contributed by atoms with Gasteiger partial charge < -0.3 is 10.2 Å². The van der Waals surface area contributed by atoms with Crippen molar-refractivity contribution in [1.82, 2.24) is 5.32 Å². The smallest absolute Gasteiger partial charge is 0.149 e. The Kier molecular flexibility index (Phi) is 4.97. The van der Waals surface area contributed by atoms with Crippen molar-refractivity contribution < 1.29 is 8.78 Å². The van der Waals surface area contributed by atoms with Gasteiger partial charge in [0.2, 0.25) is 0 Å². The predicted octanol–water partition coefficient (Wildman–Crippen LogP) is 3.43. The summed E-state index contributed by atoms with van der Waals surface area (Å²) in [5.41, 5.74) is 0.509. The highest BCUT2D eigenvalue weighted by molar-refractivity contribution is 5.48. The van der Waals surface area contributed by atoms with Crippen LogP contribution in [0.5, 0.6) is 0 Å². The molecule has 2 nitrogen and oxygen atoms in total. The zero-order valence-corrected chi connectivity index (χ0v) is 12.5. The highest BCUT2D eigenvalue weighted by Crippen LogP contribution is 2.26. The Morgan fingerprint density at radius 1 is 1.30 bits per heavy atom. The van der Waals surface area contributed by atoms with E-state index >= 15 is 0 Å². The van der Waals surface area contributed by atoms with E-state index in [1.54, 1.807) is 6.07 Å². The average molecular weight is 282 g/mol. The summed E-state index contributed by atoms with van der Waals surface area (Å²) >= 11 is 0. The zero-order valence-electron chi connectivity index (χ0n) is 12.5. The van der Waals surface area contributed by atoms with E-state index in [-0.39, 0.29) is 0 Å². The highest BCUT2D eigenvalue weighted by atomic mass is 19.1. The number of rotatable bonds is 4. The van der Waals surface area contributed by atoms with Gasteiger partial charge in [0.1, 0.15) is 11.6 Å². The van der Waals surface area contributed by atoms with Crippen LogP contribution in [0.4, 0.5) is 14.5 Å². The fourth-order valence-corrected chi connectivity index (χ4v) is 2.84. The van der Waals surface area contributed by atoms with Crippen molar-refractivity contribution >= 4 is 5.69 Å². The number of halogens is 2. The molecule has 0 bridgehead atoms. The van der Waals surface area contributed by atoms with Crippen LogP contribution in [0.3, 0.4) is 0 Å². The molecular weight excluding hydrogens is 258 g/mol. The topological polar surface area (TPSA) is 15.3 Å². The molecule has 0 saturated carbocycles. The van der Waals surface area contributed by atoms with E-state index in [0.717, 1.165) is 32.1 Å². The molecule has 0 aliphatic carbocycles. The van der Waals surface area contributed by atoms with E-state index in [4.69, 9.17) is 0 Å². The SMILES string of the molecule is CC(C)CNC1CC(C)CN(c2ccc(F)cc2F)C1. The first-order valence-electron chi connectivity index (χ1n) is 7.39. The molecule has 112 valence electrons. The predicted molar refractivity (Wildman–Crippen MR) is 79.0 cm³/mol. The minimum Gasteiger partial charge on any atom is -0.367 e. The molecule has 20 heavy (non-hydrogen) atoms. The molecule has 1 aromatic carbocycles. The maximum absolute atomic E-state index is 13.9. The monoisotopic (exact) mass is 282 g/mol. The molecule has 2 rings (SSSR count). The van der Waals surface area contributed by atoms with E-state index in [1.165, 1.54) is 6.07 Å². The number of nitrogens with one attached hydrogen (secondary N) is 1. The third-order valence-corrected chi connectivity index (χ3v) is 3.72. The van der Waals surface area contributed by atoms with Gasteiger partial charge in [0.25, 0.3) is 0 Å². The van der Waals surface area contributed by atoms with Crippen LogP contribution >= 0.6 is 0 Å². The summed E-state index contributed by atoms with van der Waals surface area (Å²) in [6, 6.07) is 4.20. The van der Waals surface area contributed by atoms with Crippen molar-refractivity contribution in [3.8, 4) is 0 Å². The van der Waals surface area contributed by atoms with Crippen molar-refractivity contribution in [2.75, 3.05) is 24.5 Å². The molecule has 0 radical (unpaired) electrons. The first-order valence-corrected chi connectivity index (χ1v) is 7.39. The second kappa shape index (κ2) is 6.53. The van der Waals surface area contributed by atoms with Gasteiger partial charge in [-0.1, -0.05) is 20.8 Å². The van der Waals surface area contributed by atoms with Gasteiger partial charge in [-0.25, -0.2) is 8.78 Å². The molecule has 0 amide bonds. The van der Waals surface area contributed by atoms with Gasteiger partial charge >= 0.3 is 0 Å². The number of nitrogens with zero attached hydrogens (tertiary/aromatic N) is 1. The van der Waals surface area contributed by atoms with Crippen LogP contribution in [0, 0.1) is 23.5 Å². The lowest BCUT2D eigenvalue weighted by Gasteiger charge is -2.38. The Labute approximate surface area is 120 Å². The fourth-order valence-electron chi connectivity index (χ4n) is 2.84. The second-order valence-corrected chi connectivity index (χ2v) is 6.34. The maximum atomic E-state index is 13.9. The number of hydrogen-bond acceptors (Lipinski definition) is 2. The number of hydrogen-bond donors (Lipinski definition) is 1. The third kappa shape index (κ3) is 3.92. The van der Waals surface area contributed by atoms with Crippen molar-refractivity contribution in [2.45, 2.75) is 33.2 Å². The number of anilines is 1. The van der Waals surface area contributed by atoms with Gasteiger partial charge in [-0.05, 0) is 36.9 Å². The van der Waals surface area contributed by atoms with E-state index < -0.39 is 11.6 Å². The van der Waals surface area contributed by atoms with Crippen molar-refractivity contribution in [2.24, 2.45) is 11.8 Å². The molecule has 1 fully saturated rings. The molecule has 0 aromatic heterocycles. The lowest BCUT2D eigenvalue weighted by molar-refractivity contribution is 0.338. The van der Waals surface area contributed by atoms with Gasteiger partial charge in [-0.15, -0.1) is 0 Å². The Balaban J connectivity index is 2.07. The van der Waals surface area contributed by atoms with E-state index in [0.29, 0.717) is 23.6 Å². The van der Waals surface area contributed by atoms with Crippen molar-refractivity contribution in [3.63, 3.8) is 0 Å². The van der Waals surface area contributed by atoms with Crippen LogP contribution in [0.2, 0.25) is 0 Å². The fraction of sp³-hybridized carbons (Fsp3) is 0.625. The molecule has 0 spiro atoms. The molecule has 2 unspecified atom stereocenters. The maximum Gasteiger partial charge on any atom is 0.149 e. The molecular formula is C16H24F2N2. The van der Waals surface area contributed by atoms with Crippen LogP contribution in [0.1, 0.15) is 27.2 Å². The summed E-state index contributed by atoms with van der Waals surface area (Å²) in [6.45, 7) is 9.10. The summed E-state index contributed by atoms with van der Waals surface area (Å²) < 4.78 is 26.9. The first kappa shape index (κ1) is 15.2. The lowest BCUT2D eigenvalue weighted by Crippen LogP contribution is -2.49. The quantitative estimate of drug-likeness (QED) is 0.910. The van der Waals surface area contributed by atoms with E-state index in [1.807, 2.05) is 4.90 Å². The zero-order chi connectivity index (χ0) is 14.7. The van der Waals surface area contributed by atoms with Crippen LogP contribution < -0.4 is 10.2 Å². The van der Waals surface area contributed by atoms with Gasteiger partial charge in [0.15, 0.2) is 0 Å². The first-order chi connectivity index (χ1) is 9.45. The van der Waals surface area contributed by atoms with Crippen LogP contribution in [-0.4, -0.2) is 25.7 Å². The van der Waals surface area contributed by atoms with Gasteiger partial charge in [0, 0.05) is 25.2 Å². The van der Waals surface area contributed by atoms with Crippen LogP contribution in [-0.2, 0) is 0 Å². The van der Waals surface area contributed by atoms with Gasteiger partial charge in [0.05, 0.1) is 5.69 Å². The van der Waals surface area contributed by atoms with Gasteiger partial charge in [-0.3, -0.25) is 0 Å². The molecule has 1 aliphatic rings. The lowest BCUT2D eigenvalue weighted by atomic mass is 9.95. The summed E-state index contributed by atoms with van der Waals surface area (Å²) in [5, 5.41) is 3.54. The third-order valence-electron chi connectivity index (χ3n) is 3.72. The Morgan fingerprint density at radius 3 is 2.70 bits per heavy atom. The second-order valence-electron chi connectivity index (χ2n) is 6.34. The minimum absolute atomic E-state index is 0.366. The number of benzene rings is 1. The molecule has 1 aromatic rings. The Bertz CT molecular complexity index is 448.